The first-order valence-electron chi connectivity index (χ1n) is 18.8. The molecule has 0 aromatic heterocycles. The number of hydrogen-bond donors (Lipinski definition) is 15. The summed E-state index contributed by atoms with van der Waals surface area (Å²) in [7, 11) is 0. The van der Waals surface area contributed by atoms with Gasteiger partial charge < -0.3 is 109 Å². The summed E-state index contributed by atoms with van der Waals surface area (Å²) in [5, 5.41) is 80.5. The van der Waals surface area contributed by atoms with Gasteiger partial charge in [0.1, 0.15) is 61.1 Å². The smallest absolute Gasteiger partial charge is 0.252 e. The van der Waals surface area contributed by atoms with Crippen molar-refractivity contribution >= 4 is 5.91 Å². The largest absolute Gasteiger partial charge is 0.394 e. The number of nitrogens with one attached hydrogen (secondary N) is 2. The van der Waals surface area contributed by atoms with Crippen molar-refractivity contribution in [1.29, 1.82) is 0 Å². The van der Waals surface area contributed by atoms with Gasteiger partial charge >= 0.3 is 0 Å². The van der Waals surface area contributed by atoms with E-state index < -0.39 is 142 Å². The van der Waals surface area contributed by atoms with Gasteiger partial charge in [0.05, 0.1) is 36.9 Å². The molecule has 5 aliphatic rings. The van der Waals surface area contributed by atoms with Gasteiger partial charge in [-0.05, 0) is 38.1 Å². The maximum atomic E-state index is 14.1. The van der Waals surface area contributed by atoms with E-state index in [0.717, 1.165) is 12.8 Å². The zero-order valence-electron chi connectivity index (χ0n) is 30.4. The quantitative estimate of drug-likeness (QED) is 0.0689. The van der Waals surface area contributed by atoms with Crippen LogP contribution in [0.1, 0.15) is 25.7 Å². The number of carbonyl (C=O) groups excluding carboxylic acids is 1. The Morgan fingerprint density at radius 3 is 2.02 bits per heavy atom. The molecule has 0 aromatic carbocycles. The molecule has 1 amide bonds. The van der Waals surface area contributed by atoms with Gasteiger partial charge in [-0.2, -0.15) is 0 Å². The molecule has 0 radical (unpaired) electrons. The molecule has 5 fully saturated rings. The predicted molar refractivity (Wildman–Crippen MR) is 185 cm³/mol. The summed E-state index contributed by atoms with van der Waals surface area (Å²) in [6.07, 6.45) is -21.6. The molecule has 23 heteroatoms. The van der Waals surface area contributed by atoms with E-state index in [1.54, 1.807) is 0 Å². The Balaban J connectivity index is 1.32. The molecule has 0 aromatic rings. The number of ether oxygens (including phenoxy) is 6. The van der Waals surface area contributed by atoms with Gasteiger partial charge in [0.2, 0.25) is 0 Å². The number of aliphatic hydroxyl groups is 7. The first-order chi connectivity index (χ1) is 26.1. The van der Waals surface area contributed by atoms with E-state index in [9.17, 15) is 44.9 Å². The lowest BCUT2D eigenvalue weighted by Crippen LogP contribution is -2.67. The van der Waals surface area contributed by atoms with Crippen LogP contribution in [-0.2, 0) is 33.2 Å². The Labute approximate surface area is 317 Å². The summed E-state index contributed by atoms with van der Waals surface area (Å²) in [6.45, 7) is -0.657. The molecule has 2 aliphatic carbocycles. The molecule has 22 nitrogen and oxygen atoms in total. The standard InChI is InChI=1S/C32H61FN8O14/c33-12(5-34)21(44)29(49)41-15-3-13(37)26(53-30-14(38)4-16(43)18(51-30)8-40-7-10-1-11(36)2-10)28(22(15)45)55-32-25(48)27(19(9-42)52-32)54-31-20(39)24(47)23(46)17(6-35)50-31/h10-28,30-32,40,42-48H,1-9,34-39H2,(H,41,49)/t10?,11?,12-,13-,14+,15+,16-,17-,18+,19+,20+,21?,22-,23+,24+,25+,26+,27+,28+,30+,31+,32-/m0/s1. The van der Waals surface area contributed by atoms with Crippen LogP contribution in [-0.4, -0.2) is 203 Å². The zero-order valence-corrected chi connectivity index (χ0v) is 30.4. The van der Waals surface area contributed by atoms with Crippen molar-refractivity contribution in [2.75, 3.05) is 32.8 Å². The second-order valence-electron chi connectivity index (χ2n) is 15.3. The molecular weight excluding hydrogens is 739 g/mol. The SMILES string of the molecule is NC[C@@H]1O[C@H](O[C@H]2[C@@H](O)[C@H](O[C@@H]3[C@@H](O)[C@H](NC(=O)C(O)[C@@H](F)CN)C[C@H](N)[C@H]3O[C@H]3O[C@H](CNCC4CC(N)C4)[C@@H](O)C[C@H]3N)O[C@@H]2CO)[C@H](N)[C@@H](O)[C@@H]1O. The van der Waals surface area contributed by atoms with Crippen LogP contribution in [0.4, 0.5) is 4.39 Å². The van der Waals surface area contributed by atoms with E-state index in [1.807, 2.05) is 0 Å². The third-order valence-corrected chi connectivity index (χ3v) is 11.2. The highest BCUT2D eigenvalue weighted by molar-refractivity contribution is 5.81. The minimum absolute atomic E-state index is 0.0766. The van der Waals surface area contributed by atoms with E-state index in [0.29, 0.717) is 12.5 Å². The topological polar surface area (TPSA) is 394 Å². The molecule has 0 spiro atoms. The molecule has 3 heterocycles. The highest BCUT2D eigenvalue weighted by Crippen LogP contribution is 2.35. The lowest BCUT2D eigenvalue weighted by atomic mass is 9.81. The van der Waals surface area contributed by atoms with Crippen LogP contribution in [0.2, 0.25) is 0 Å². The van der Waals surface area contributed by atoms with Gasteiger partial charge in [0.25, 0.3) is 5.91 Å². The summed E-state index contributed by atoms with van der Waals surface area (Å²) in [6, 6.07) is -4.34. The molecule has 20 atom stereocenters. The molecule has 320 valence electrons. The molecule has 55 heavy (non-hydrogen) atoms. The molecule has 3 aliphatic heterocycles. The number of rotatable bonds is 16. The number of nitrogens with two attached hydrogens (primary N) is 6. The fourth-order valence-electron chi connectivity index (χ4n) is 7.75. The molecule has 2 saturated carbocycles. The van der Waals surface area contributed by atoms with Gasteiger partial charge in [-0.1, -0.05) is 0 Å². The van der Waals surface area contributed by atoms with Crippen molar-refractivity contribution in [3.05, 3.63) is 0 Å². The molecular formula is C32H61FN8O14. The van der Waals surface area contributed by atoms with Gasteiger partial charge in [0.15, 0.2) is 25.0 Å². The molecule has 0 bridgehead atoms. The maximum absolute atomic E-state index is 14.1. The molecule has 5 rings (SSSR count). The van der Waals surface area contributed by atoms with Crippen LogP contribution in [0.25, 0.3) is 0 Å². The Bertz CT molecular complexity index is 1220. The van der Waals surface area contributed by atoms with Crippen molar-refractivity contribution in [3.63, 3.8) is 0 Å². The number of aliphatic hydroxyl groups excluding tert-OH is 7. The van der Waals surface area contributed by atoms with E-state index in [-0.39, 0.29) is 32.0 Å². The Morgan fingerprint density at radius 2 is 1.38 bits per heavy atom. The lowest BCUT2D eigenvalue weighted by Gasteiger charge is -2.47. The van der Waals surface area contributed by atoms with Crippen LogP contribution in [0, 0.1) is 5.92 Å². The minimum Gasteiger partial charge on any atom is -0.394 e. The summed E-state index contributed by atoms with van der Waals surface area (Å²) in [5.74, 6) is -0.779. The first-order valence-corrected chi connectivity index (χ1v) is 18.8. The fraction of sp³-hybridized carbons (Fsp3) is 0.969. The van der Waals surface area contributed by atoms with E-state index in [2.05, 4.69) is 10.6 Å². The summed E-state index contributed by atoms with van der Waals surface area (Å²) < 4.78 is 49.9. The average Bonchev–Trinajstić information content (AvgIpc) is 3.44. The van der Waals surface area contributed by atoms with E-state index in [1.165, 1.54) is 0 Å². The Kier molecular flexibility index (Phi) is 15.9. The second-order valence-corrected chi connectivity index (χ2v) is 15.3. The number of carbonyl (C=O) groups is 1. The third-order valence-electron chi connectivity index (χ3n) is 11.2. The summed E-state index contributed by atoms with van der Waals surface area (Å²) in [5.41, 5.74) is 35.8. The van der Waals surface area contributed by atoms with E-state index >= 15 is 0 Å². The number of halogens is 1. The van der Waals surface area contributed by atoms with Gasteiger partial charge in [-0.3, -0.25) is 4.79 Å². The van der Waals surface area contributed by atoms with Crippen molar-refractivity contribution < 1.29 is 73.4 Å². The number of alkyl halides is 1. The monoisotopic (exact) mass is 800 g/mol. The minimum atomic E-state index is -2.16. The van der Waals surface area contributed by atoms with E-state index in [4.69, 9.17) is 62.8 Å². The van der Waals surface area contributed by atoms with Gasteiger partial charge in [-0.15, -0.1) is 0 Å². The first kappa shape index (κ1) is 44.7. The molecule has 1 unspecified atom stereocenters. The molecule has 3 saturated heterocycles. The van der Waals surface area contributed by atoms with Crippen molar-refractivity contribution in [3.8, 4) is 0 Å². The summed E-state index contributed by atoms with van der Waals surface area (Å²) >= 11 is 0. The lowest BCUT2D eigenvalue weighted by molar-refractivity contribution is -0.296. The zero-order chi connectivity index (χ0) is 40.3. The number of hydrogen-bond acceptors (Lipinski definition) is 21. The van der Waals surface area contributed by atoms with Crippen LogP contribution in [0.15, 0.2) is 0 Å². The van der Waals surface area contributed by atoms with Gasteiger partial charge in [-0.25, -0.2) is 4.39 Å². The average molecular weight is 801 g/mol. The van der Waals surface area contributed by atoms with Crippen molar-refractivity contribution in [2.24, 2.45) is 40.3 Å². The Morgan fingerprint density at radius 1 is 0.745 bits per heavy atom. The Hall–Kier alpha value is -1.40. The number of amides is 1. The van der Waals surface area contributed by atoms with Crippen LogP contribution in [0.5, 0.6) is 0 Å². The second kappa shape index (κ2) is 19.6. The fourth-order valence-corrected chi connectivity index (χ4v) is 7.75. The van der Waals surface area contributed by atoms with Crippen LogP contribution < -0.4 is 45.0 Å². The molecule has 21 N–H and O–H groups in total. The highest BCUT2D eigenvalue weighted by atomic mass is 19.1. The highest BCUT2D eigenvalue weighted by Gasteiger charge is 2.54. The van der Waals surface area contributed by atoms with Crippen molar-refractivity contribution in [2.45, 2.75) is 154 Å². The third kappa shape index (κ3) is 10.3. The van der Waals surface area contributed by atoms with Crippen LogP contribution >= 0.6 is 0 Å². The van der Waals surface area contributed by atoms with Gasteiger partial charge in [0, 0.05) is 31.7 Å². The summed E-state index contributed by atoms with van der Waals surface area (Å²) in [4.78, 5) is 12.7. The predicted octanol–water partition coefficient (Wildman–Crippen LogP) is -8.68. The maximum Gasteiger partial charge on any atom is 0.252 e. The van der Waals surface area contributed by atoms with Crippen molar-refractivity contribution in [1.82, 2.24) is 10.6 Å². The normalized spacial score (nSPS) is 47.5. The van der Waals surface area contributed by atoms with Crippen LogP contribution in [0.3, 0.4) is 0 Å².